The monoisotopic (exact) mass is 280 g/mol. The van der Waals surface area contributed by atoms with Gasteiger partial charge in [-0.3, -0.25) is 0 Å². The van der Waals surface area contributed by atoms with Gasteiger partial charge in [-0.05, 0) is 31.9 Å². The molecule has 0 saturated heterocycles. The molecule has 0 saturated carbocycles. The number of hydrogen-bond acceptors (Lipinski definition) is 2. The highest BCUT2D eigenvalue weighted by atomic mass is 32.2. The summed E-state index contributed by atoms with van der Waals surface area (Å²) in [6.07, 6.45) is 4.97. The topological polar surface area (TPSA) is 37.3 Å². The van der Waals surface area contributed by atoms with Crippen LogP contribution in [0.5, 0.6) is 0 Å². The average Bonchev–Trinajstić information content (AvgIpc) is 2.43. The lowest BCUT2D eigenvalue weighted by atomic mass is 10.2. The second-order valence-corrected chi connectivity index (χ2v) is 6.23. The molecule has 0 amide bonds. The van der Waals surface area contributed by atoms with E-state index in [2.05, 4.69) is 6.92 Å². The van der Waals surface area contributed by atoms with Crippen molar-refractivity contribution < 1.29 is 9.32 Å². The fourth-order valence-corrected chi connectivity index (χ4v) is 3.12. The summed E-state index contributed by atoms with van der Waals surface area (Å²) < 4.78 is 12.5. The maximum Gasteiger partial charge on any atom is 0.0871 e. The Balaban J connectivity index is 2.93. The normalized spacial score (nSPS) is 15.3. The van der Waals surface area contributed by atoms with Gasteiger partial charge in [-0.25, -0.2) is 4.21 Å². The van der Waals surface area contributed by atoms with Crippen LogP contribution in [-0.2, 0) is 10.8 Å². The minimum absolute atomic E-state index is 0.593. The molecule has 1 aromatic rings. The van der Waals surface area contributed by atoms with E-state index in [1.807, 2.05) is 44.2 Å². The van der Waals surface area contributed by atoms with Crippen LogP contribution < -0.4 is 0 Å². The molecule has 1 aromatic carbocycles. The summed E-state index contributed by atoms with van der Waals surface area (Å²) >= 11 is 0. The largest absolute Gasteiger partial charge is 0.388 e. The first-order valence-corrected chi connectivity index (χ1v) is 8.11. The van der Waals surface area contributed by atoms with Crippen molar-refractivity contribution in [1.82, 2.24) is 0 Å². The molecule has 0 spiro atoms. The number of unbranched alkanes of at least 4 members (excludes halogenated alkanes) is 2. The molecule has 0 aliphatic heterocycles. The lowest BCUT2D eigenvalue weighted by Gasteiger charge is -2.13. The molecule has 0 fully saturated rings. The third kappa shape index (κ3) is 4.92. The molecule has 0 radical (unpaired) electrons. The summed E-state index contributed by atoms with van der Waals surface area (Å²) in [5, 5.41) is 10.0. The molecule has 2 nitrogen and oxygen atoms in total. The van der Waals surface area contributed by atoms with Crippen molar-refractivity contribution in [1.29, 1.82) is 0 Å². The van der Waals surface area contributed by atoms with Gasteiger partial charge in [0.25, 0.3) is 0 Å². The molecular weight excluding hydrogens is 256 g/mol. The highest BCUT2D eigenvalue weighted by Gasteiger charge is 2.17. The van der Waals surface area contributed by atoms with Gasteiger partial charge in [0.1, 0.15) is 0 Å². The van der Waals surface area contributed by atoms with Crippen LogP contribution in [0.4, 0.5) is 0 Å². The second kappa shape index (κ2) is 8.28. The van der Waals surface area contributed by atoms with E-state index in [1.165, 1.54) is 0 Å². The van der Waals surface area contributed by atoms with E-state index >= 15 is 0 Å². The van der Waals surface area contributed by atoms with E-state index in [-0.39, 0.29) is 0 Å². The van der Waals surface area contributed by atoms with Gasteiger partial charge < -0.3 is 5.11 Å². The van der Waals surface area contributed by atoms with E-state index in [4.69, 9.17) is 0 Å². The van der Waals surface area contributed by atoms with E-state index in [0.717, 1.165) is 29.7 Å². The Labute approximate surface area is 119 Å². The van der Waals surface area contributed by atoms with Crippen LogP contribution in [0.3, 0.4) is 0 Å². The first kappa shape index (κ1) is 16.1. The summed E-state index contributed by atoms with van der Waals surface area (Å²) in [7, 11) is -1.25. The van der Waals surface area contributed by atoms with Crippen molar-refractivity contribution in [3.8, 4) is 0 Å². The number of rotatable bonds is 7. The quantitative estimate of drug-likeness (QED) is 0.768. The van der Waals surface area contributed by atoms with Crippen molar-refractivity contribution in [2.75, 3.05) is 0 Å². The zero-order valence-electron chi connectivity index (χ0n) is 12.1. The molecular formula is C16H24O2S. The van der Waals surface area contributed by atoms with Crippen LogP contribution in [0.1, 0.15) is 45.1 Å². The Bertz CT molecular complexity index is 435. The minimum atomic E-state index is -1.25. The van der Waals surface area contributed by atoms with Crippen LogP contribution in [0.15, 0.2) is 40.1 Å². The van der Waals surface area contributed by atoms with Gasteiger partial charge in [0.05, 0.1) is 16.9 Å². The van der Waals surface area contributed by atoms with E-state index < -0.39 is 16.9 Å². The van der Waals surface area contributed by atoms with Crippen molar-refractivity contribution in [2.45, 2.75) is 57.5 Å². The van der Waals surface area contributed by atoms with Gasteiger partial charge in [0.2, 0.25) is 0 Å². The highest BCUT2D eigenvalue weighted by Crippen LogP contribution is 2.21. The van der Waals surface area contributed by atoms with Gasteiger partial charge in [-0.2, -0.15) is 0 Å². The Morgan fingerprint density at radius 2 is 1.95 bits per heavy atom. The fourth-order valence-electron chi connectivity index (χ4n) is 1.78. The SMILES string of the molecule is CCCC/C=C(\[C@@H](O)CC)[S@@](=O)c1ccc(C)cc1. The Hall–Kier alpha value is -0.930. The number of benzene rings is 1. The first-order valence-electron chi connectivity index (χ1n) is 6.96. The van der Waals surface area contributed by atoms with E-state index in [9.17, 15) is 9.32 Å². The lowest BCUT2D eigenvalue weighted by molar-refractivity contribution is 0.214. The predicted molar refractivity (Wildman–Crippen MR) is 81.5 cm³/mol. The minimum Gasteiger partial charge on any atom is -0.388 e. The maximum absolute atomic E-state index is 12.5. The summed E-state index contributed by atoms with van der Waals surface area (Å²) in [6.45, 7) is 6.04. The Morgan fingerprint density at radius 3 is 2.47 bits per heavy atom. The van der Waals surface area contributed by atoms with Crippen LogP contribution in [0, 0.1) is 6.92 Å². The molecule has 0 aromatic heterocycles. The fraction of sp³-hybridized carbons (Fsp3) is 0.500. The first-order chi connectivity index (χ1) is 9.10. The highest BCUT2D eigenvalue weighted by molar-refractivity contribution is 7.89. The molecule has 0 heterocycles. The van der Waals surface area contributed by atoms with Gasteiger partial charge in [-0.15, -0.1) is 0 Å². The van der Waals surface area contributed by atoms with Gasteiger partial charge in [0, 0.05) is 9.80 Å². The number of hydrogen-bond donors (Lipinski definition) is 1. The standard InChI is InChI=1S/C16H24O2S/c1-4-6-7-8-16(15(17)5-2)19(18)14-11-9-13(3)10-12-14/h8-12,15,17H,4-7H2,1-3H3/b16-8+/t15-,19-/m0/s1. The summed E-state index contributed by atoms with van der Waals surface area (Å²) in [5.41, 5.74) is 1.15. The van der Waals surface area contributed by atoms with Crippen molar-refractivity contribution >= 4 is 10.8 Å². The number of aryl methyl sites for hydroxylation is 1. The number of aliphatic hydroxyl groups is 1. The number of aliphatic hydroxyl groups excluding tert-OH is 1. The van der Waals surface area contributed by atoms with Crippen molar-refractivity contribution in [3.05, 3.63) is 40.8 Å². The maximum atomic E-state index is 12.5. The second-order valence-electron chi connectivity index (χ2n) is 4.75. The molecule has 1 rings (SSSR count). The van der Waals surface area contributed by atoms with Crippen LogP contribution in [0.2, 0.25) is 0 Å². The average molecular weight is 280 g/mol. The van der Waals surface area contributed by atoms with Gasteiger partial charge >= 0.3 is 0 Å². The van der Waals surface area contributed by atoms with E-state index in [0.29, 0.717) is 11.3 Å². The molecule has 106 valence electrons. The predicted octanol–water partition coefficient (Wildman–Crippen LogP) is 3.95. The van der Waals surface area contributed by atoms with Crippen molar-refractivity contribution in [3.63, 3.8) is 0 Å². The van der Waals surface area contributed by atoms with Gasteiger partial charge in [-0.1, -0.05) is 50.5 Å². The smallest absolute Gasteiger partial charge is 0.0871 e. The number of allylic oxidation sites excluding steroid dienone is 1. The zero-order chi connectivity index (χ0) is 14.3. The van der Waals surface area contributed by atoms with Crippen LogP contribution in [0.25, 0.3) is 0 Å². The third-order valence-corrected chi connectivity index (χ3v) is 4.63. The molecule has 1 N–H and O–H groups in total. The molecule has 0 unspecified atom stereocenters. The summed E-state index contributed by atoms with van der Waals surface area (Å²) in [6, 6.07) is 7.66. The molecule has 0 aliphatic carbocycles. The zero-order valence-corrected chi connectivity index (χ0v) is 12.9. The molecule has 0 aliphatic rings. The van der Waals surface area contributed by atoms with Gasteiger partial charge in [0.15, 0.2) is 0 Å². The lowest BCUT2D eigenvalue weighted by Crippen LogP contribution is -2.13. The third-order valence-electron chi connectivity index (χ3n) is 3.07. The Kier molecular flexibility index (Phi) is 7.03. The Morgan fingerprint density at radius 1 is 1.32 bits per heavy atom. The molecule has 3 heteroatoms. The molecule has 2 atom stereocenters. The van der Waals surface area contributed by atoms with Crippen LogP contribution >= 0.6 is 0 Å². The molecule has 19 heavy (non-hydrogen) atoms. The van der Waals surface area contributed by atoms with Crippen molar-refractivity contribution in [2.24, 2.45) is 0 Å². The van der Waals surface area contributed by atoms with E-state index in [1.54, 1.807) is 0 Å². The summed E-state index contributed by atoms with van der Waals surface area (Å²) in [4.78, 5) is 1.42. The summed E-state index contributed by atoms with van der Waals surface area (Å²) in [5.74, 6) is 0. The van der Waals surface area contributed by atoms with Crippen LogP contribution in [-0.4, -0.2) is 15.4 Å². The molecule has 0 bridgehead atoms.